The lowest BCUT2D eigenvalue weighted by Gasteiger charge is -2.31. The highest BCUT2D eigenvalue weighted by Gasteiger charge is 2.28. The van der Waals surface area contributed by atoms with E-state index in [1.165, 1.54) is 12.0 Å². The van der Waals surface area contributed by atoms with Crippen molar-refractivity contribution in [2.24, 2.45) is 0 Å². The van der Waals surface area contributed by atoms with Crippen molar-refractivity contribution >= 4 is 0 Å². The first-order valence-electron chi connectivity index (χ1n) is 7.02. The Kier molecular flexibility index (Phi) is 5.00. The molecular weight excluding hydrogens is 238 g/mol. The summed E-state index contributed by atoms with van der Waals surface area (Å²) in [5.41, 5.74) is 3.43. The van der Waals surface area contributed by atoms with Crippen LogP contribution in [0.1, 0.15) is 37.7 Å². The van der Waals surface area contributed by atoms with Gasteiger partial charge in [-0.1, -0.05) is 56.2 Å². The van der Waals surface area contributed by atoms with E-state index in [-0.39, 0.29) is 0 Å². The maximum absolute atomic E-state index is 10.3. The van der Waals surface area contributed by atoms with Gasteiger partial charge in [-0.25, -0.2) is 0 Å². The van der Waals surface area contributed by atoms with Crippen LogP contribution >= 0.6 is 0 Å². The quantitative estimate of drug-likeness (QED) is 0.611. The molecule has 1 aromatic rings. The molecule has 0 aromatic heterocycles. The van der Waals surface area contributed by atoms with Crippen LogP contribution in [0.2, 0.25) is 0 Å². The molecule has 0 spiro atoms. The number of hydrogen-bond donors (Lipinski definition) is 2. The Balaban J connectivity index is 1.69. The highest BCUT2D eigenvalue weighted by Crippen LogP contribution is 2.27. The molecule has 0 heterocycles. The van der Waals surface area contributed by atoms with Gasteiger partial charge in [0.25, 0.3) is 0 Å². The van der Waals surface area contributed by atoms with Crippen LogP contribution in [0.25, 0.3) is 0 Å². The molecule has 3 nitrogen and oxygen atoms in total. The van der Waals surface area contributed by atoms with Crippen LogP contribution < -0.4 is 5.48 Å². The van der Waals surface area contributed by atoms with E-state index < -0.39 is 5.60 Å². The van der Waals surface area contributed by atoms with E-state index in [4.69, 9.17) is 4.84 Å². The largest absolute Gasteiger partial charge is 0.413 e. The molecule has 1 aliphatic carbocycles. The summed E-state index contributed by atoms with van der Waals surface area (Å²) in [6.07, 6.45) is 5.82. The summed E-state index contributed by atoms with van der Waals surface area (Å²) in [4.78, 5) is 5.41. The van der Waals surface area contributed by atoms with Crippen molar-refractivity contribution in [1.29, 1.82) is 0 Å². The van der Waals surface area contributed by atoms with Gasteiger partial charge in [-0.2, -0.15) is 5.48 Å². The third-order valence-corrected chi connectivity index (χ3v) is 3.65. The van der Waals surface area contributed by atoms with E-state index in [1.807, 2.05) is 30.3 Å². The summed E-state index contributed by atoms with van der Waals surface area (Å²) >= 11 is 0. The minimum Gasteiger partial charge on any atom is -0.413 e. The Labute approximate surface area is 115 Å². The molecule has 0 unspecified atom stereocenters. The highest BCUT2D eigenvalue weighted by atomic mass is 16.6. The Bertz CT molecular complexity index is 396. The number of rotatable bonds is 6. The van der Waals surface area contributed by atoms with Crippen LogP contribution in [0, 0.1) is 0 Å². The zero-order chi connectivity index (χ0) is 13.6. The average Bonchev–Trinajstić information content (AvgIpc) is 2.40. The van der Waals surface area contributed by atoms with E-state index in [0.29, 0.717) is 18.7 Å². The summed E-state index contributed by atoms with van der Waals surface area (Å²) in [7, 11) is 0. The van der Waals surface area contributed by atoms with Crippen LogP contribution in [0.15, 0.2) is 42.7 Å². The average molecular weight is 261 g/mol. The van der Waals surface area contributed by atoms with Gasteiger partial charge < -0.3 is 9.94 Å². The molecule has 0 radical (unpaired) electrons. The molecule has 0 bridgehead atoms. The first-order chi connectivity index (χ1) is 9.18. The molecule has 3 heteroatoms. The van der Waals surface area contributed by atoms with Gasteiger partial charge in [0.1, 0.15) is 5.76 Å². The van der Waals surface area contributed by atoms with Crippen LogP contribution in [0.4, 0.5) is 0 Å². The molecule has 2 rings (SSSR count). The fourth-order valence-corrected chi connectivity index (χ4v) is 2.52. The standard InChI is InChI=1S/C16H23NO2/c1-14(12-15-8-4-2-5-9-15)19-17-13-16(18)10-6-3-7-11-16/h2,4-5,8-9,17-18H,1,3,6-7,10-13H2. The second-order valence-electron chi connectivity index (χ2n) is 5.41. The second kappa shape index (κ2) is 6.73. The fourth-order valence-electron chi connectivity index (χ4n) is 2.52. The Morgan fingerprint density at radius 1 is 1.21 bits per heavy atom. The van der Waals surface area contributed by atoms with Crippen molar-refractivity contribution in [3.05, 3.63) is 48.2 Å². The highest BCUT2D eigenvalue weighted by molar-refractivity contribution is 5.18. The summed E-state index contributed by atoms with van der Waals surface area (Å²) in [6.45, 7) is 4.36. The lowest BCUT2D eigenvalue weighted by Crippen LogP contribution is -2.42. The smallest absolute Gasteiger partial charge is 0.121 e. The fraction of sp³-hybridized carbons (Fsp3) is 0.500. The number of hydrogen-bond acceptors (Lipinski definition) is 3. The van der Waals surface area contributed by atoms with E-state index in [0.717, 1.165) is 25.7 Å². The van der Waals surface area contributed by atoms with Crippen molar-refractivity contribution in [2.45, 2.75) is 44.1 Å². The number of nitrogens with one attached hydrogen (secondary N) is 1. The van der Waals surface area contributed by atoms with E-state index in [1.54, 1.807) is 0 Å². The van der Waals surface area contributed by atoms with Gasteiger partial charge in [0.05, 0.1) is 12.1 Å². The second-order valence-corrected chi connectivity index (χ2v) is 5.41. The van der Waals surface area contributed by atoms with Gasteiger partial charge in [-0.3, -0.25) is 0 Å². The monoisotopic (exact) mass is 261 g/mol. The first kappa shape index (κ1) is 14.1. The molecule has 2 N–H and O–H groups in total. The number of hydroxylamine groups is 1. The molecule has 0 atom stereocenters. The Hall–Kier alpha value is -1.32. The van der Waals surface area contributed by atoms with E-state index in [9.17, 15) is 5.11 Å². The maximum Gasteiger partial charge on any atom is 0.121 e. The van der Waals surface area contributed by atoms with Crippen LogP contribution in [0.5, 0.6) is 0 Å². The summed E-state index contributed by atoms with van der Waals surface area (Å²) in [5.74, 6) is 0.672. The van der Waals surface area contributed by atoms with E-state index in [2.05, 4.69) is 12.1 Å². The SMILES string of the molecule is C=C(Cc1ccccc1)ONCC1(O)CCCCC1. The zero-order valence-electron chi connectivity index (χ0n) is 11.4. The van der Waals surface area contributed by atoms with Crippen LogP contribution in [-0.4, -0.2) is 17.3 Å². The predicted molar refractivity (Wildman–Crippen MR) is 76.4 cm³/mol. The van der Waals surface area contributed by atoms with Crippen molar-refractivity contribution in [1.82, 2.24) is 5.48 Å². The van der Waals surface area contributed by atoms with Gasteiger partial charge in [-0.15, -0.1) is 0 Å². The summed E-state index contributed by atoms with van der Waals surface area (Å²) in [5, 5.41) is 10.3. The molecule has 19 heavy (non-hydrogen) atoms. The van der Waals surface area contributed by atoms with Crippen molar-refractivity contribution in [3.63, 3.8) is 0 Å². The molecular formula is C16H23NO2. The predicted octanol–water partition coefficient (Wildman–Crippen LogP) is 2.96. The Morgan fingerprint density at radius 3 is 2.58 bits per heavy atom. The van der Waals surface area contributed by atoms with Crippen molar-refractivity contribution in [2.75, 3.05) is 6.54 Å². The summed E-state index contributed by atoms with van der Waals surface area (Å²) < 4.78 is 0. The molecule has 1 saturated carbocycles. The molecule has 1 fully saturated rings. The minimum absolute atomic E-state index is 0.473. The number of aliphatic hydroxyl groups is 1. The third-order valence-electron chi connectivity index (χ3n) is 3.65. The molecule has 1 aliphatic rings. The van der Waals surface area contributed by atoms with E-state index >= 15 is 0 Å². The van der Waals surface area contributed by atoms with Crippen molar-refractivity contribution in [3.8, 4) is 0 Å². The minimum atomic E-state index is -0.606. The number of allylic oxidation sites excluding steroid dienone is 1. The van der Waals surface area contributed by atoms with Gasteiger partial charge >= 0.3 is 0 Å². The zero-order valence-corrected chi connectivity index (χ0v) is 11.4. The van der Waals surface area contributed by atoms with Gasteiger partial charge in [0.2, 0.25) is 0 Å². The van der Waals surface area contributed by atoms with Crippen LogP contribution in [-0.2, 0) is 11.3 Å². The normalized spacial score (nSPS) is 17.9. The lowest BCUT2D eigenvalue weighted by atomic mass is 9.85. The number of benzene rings is 1. The summed E-state index contributed by atoms with van der Waals surface area (Å²) in [6, 6.07) is 10.1. The molecule has 1 aromatic carbocycles. The van der Waals surface area contributed by atoms with Gasteiger partial charge in [0, 0.05) is 6.42 Å². The maximum atomic E-state index is 10.3. The molecule has 0 saturated heterocycles. The molecule has 0 amide bonds. The third kappa shape index (κ3) is 4.69. The van der Waals surface area contributed by atoms with Crippen LogP contribution in [0.3, 0.4) is 0 Å². The Morgan fingerprint density at radius 2 is 1.89 bits per heavy atom. The topological polar surface area (TPSA) is 41.5 Å². The molecule has 0 aliphatic heterocycles. The van der Waals surface area contributed by atoms with Gasteiger partial charge in [0.15, 0.2) is 0 Å². The van der Waals surface area contributed by atoms with Crippen molar-refractivity contribution < 1.29 is 9.94 Å². The lowest BCUT2D eigenvalue weighted by molar-refractivity contribution is -0.0336. The van der Waals surface area contributed by atoms with Gasteiger partial charge in [-0.05, 0) is 18.4 Å². The molecule has 104 valence electrons. The first-order valence-corrected chi connectivity index (χ1v) is 7.02.